The van der Waals surface area contributed by atoms with Gasteiger partial charge in [-0.15, -0.1) is 0 Å². The number of aliphatic carboxylic acids is 1. The molecule has 0 bridgehead atoms. The fourth-order valence-corrected chi connectivity index (χ4v) is 2.59. The summed E-state index contributed by atoms with van der Waals surface area (Å²) in [5.74, 6) is -3.00. The largest absolute Gasteiger partial charge is 0.548 e. The molecule has 2 N–H and O–H groups in total. The zero-order chi connectivity index (χ0) is 23.8. The number of hydrogen-bond donors (Lipinski definition) is 2. The highest BCUT2D eigenvalue weighted by Crippen LogP contribution is 2.35. The second kappa shape index (κ2) is 10.6. The third kappa shape index (κ3) is 5.81. The van der Waals surface area contributed by atoms with Crippen LogP contribution in [-0.4, -0.2) is 43.0 Å². The molecule has 2 aromatic rings. The minimum atomic E-state index is -1.55. The summed E-state index contributed by atoms with van der Waals surface area (Å²) in [6.07, 6.45) is 1.04. The Balaban J connectivity index is 2.57. The molecule has 0 aromatic heterocycles. The number of rotatable bonds is 9. The van der Waals surface area contributed by atoms with Gasteiger partial charge in [-0.2, -0.15) is 0 Å². The molecule has 1 atom stereocenters. The number of carboxylic acid groups (broad SMARTS) is 1. The predicted molar refractivity (Wildman–Crippen MR) is 111 cm³/mol. The Kier molecular flexibility index (Phi) is 7.88. The molecule has 2 amide bonds. The molecule has 0 spiro atoms. The number of hydrogen-bond acceptors (Lipinski definition) is 8. The van der Waals surface area contributed by atoms with Gasteiger partial charge in [0.05, 0.1) is 42.8 Å². The lowest BCUT2D eigenvalue weighted by Gasteiger charge is -2.17. The topological polar surface area (TPSA) is 160 Å². The van der Waals surface area contributed by atoms with E-state index in [0.29, 0.717) is 0 Å². The lowest BCUT2D eigenvalue weighted by Crippen LogP contribution is -2.48. The zero-order valence-electron chi connectivity index (χ0n) is 17.4. The number of ether oxygens (including phenoxy) is 2. The Labute approximate surface area is 182 Å². The molecule has 32 heavy (non-hydrogen) atoms. The Morgan fingerprint density at radius 2 is 1.66 bits per heavy atom. The molecule has 0 saturated heterocycles. The minimum absolute atomic E-state index is 0.0845. The van der Waals surface area contributed by atoms with Crippen molar-refractivity contribution in [1.29, 1.82) is 0 Å². The number of carbonyl (C=O) groups is 3. The highest BCUT2D eigenvalue weighted by molar-refractivity contribution is 6.06. The Morgan fingerprint density at radius 1 is 1.06 bits per heavy atom. The van der Waals surface area contributed by atoms with Crippen LogP contribution < -0.4 is 25.2 Å². The first kappa shape index (κ1) is 23.9. The van der Waals surface area contributed by atoms with Crippen LogP contribution in [0.5, 0.6) is 11.5 Å². The van der Waals surface area contributed by atoms with E-state index in [0.717, 1.165) is 12.1 Å². The number of nitrogens with one attached hydrogen (secondary N) is 2. The van der Waals surface area contributed by atoms with Gasteiger partial charge in [0.1, 0.15) is 5.70 Å². The molecular weight excluding hydrogens is 422 g/mol. The van der Waals surface area contributed by atoms with E-state index in [1.165, 1.54) is 39.3 Å². The first-order valence-corrected chi connectivity index (χ1v) is 9.18. The van der Waals surface area contributed by atoms with Crippen molar-refractivity contribution in [3.63, 3.8) is 0 Å². The van der Waals surface area contributed by atoms with E-state index in [-0.39, 0.29) is 22.6 Å². The second-order valence-corrected chi connectivity index (χ2v) is 6.42. The maximum absolute atomic E-state index is 12.7. The first-order valence-electron chi connectivity index (χ1n) is 9.18. The smallest absolute Gasteiger partial charge is 0.280 e. The van der Waals surface area contributed by atoms with Gasteiger partial charge in [0.25, 0.3) is 17.5 Å². The summed E-state index contributed by atoms with van der Waals surface area (Å²) in [6, 6.07) is 8.85. The van der Waals surface area contributed by atoms with Gasteiger partial charge in [-0.1, -0.05) is 18.2 Å². The summed E-state index contributed by atoms with van der Waals surface area (Å²) < 4.78 is 10.2. The van der Waals surface area contributed by atoms with E-state index in [4.69, 9.17) is 9.47 Å². The van der Waals surface area contributed by atoms with Crippen LogP contribution in [0.1, 0.15) is 22.8 Å². The summed E-state index contributed by atoms with van der Waals surface area (Å²) in [6.45, 7) is 1.17. The van der Waals surface area contributed by atoms with E-state index >= 15 is 0 Å². The number of carboxylic acids is 1. The molecule has 0 aliphatic heterocycles. The standard InChI is InChI=1S/C21H21N3O8/c1-12(21(27)28)22-20(26)15(23-19(25)13-7-5-4-6-8-13)9-14-10-17(31-2)18(32-3)11-16(14)24(29)30/h4-12H,1-3H3,(H,22,26)(H,23,25)(H,27,28)/p-1/b15-9+/t12-/m0/s1. The Bertz CT molecular complexity index is 1070. The molecule has 0 fully saturated rings. The first-order chi connectivity index (χ1) is 15.2. The van der Waals surface area contributed by atoms with E-state index < -0.39 is 40.1 Å². The number of nitrogens with zero attached hydrogens (tertiary/aromatic N) is 1. The van der Waals surface area contributed by atoms with Crippen LogP contribution in [0.15, 0.2) is 48.2 Å². The fourth-order valence-electron chi connectivity index (χ4n) is 2.59. The molecule has 168 valence electrons. The number of carbonyl (C=O) groups excluding carboxylic acids is 3. The third-order valence-corrected chi connectivity index (χ3v) is 4.26. The number of nitro benzene ring substituents is 1. The van der Waals surface area contributed by atoms with E-state index in [1.807, 2.05) is 0 Å². The van der Waals surface area contributed by atoms with Gasteiger partial charge >= 0.3 is 0 Å². The molecule has 11 heteroatoms. The minimum Gasteiger partial charge on any atom is -0.548 e. The molecule has 0 heterocycles. The monoisotopic (exact) mass is 442 g/mol. The molecule has 11 nitrogen and oxygen atoms in total. The van der Waals surface area contributed by atoms with Crippen LogP contribution in [-0.2, 0) is 9.59 Å². The Morgan fingerprint density at radius 3 is 2.19 bits per heavy atom. The van der Waals surface area contributed by atoms with Gasteiger partial charge < -0.3 is 30.0 Å². The molecule has 0 unspecified atom stereocenters. The Hall–Kier alpha value is -4.41. The predicted octanol–water partition coefficient (Wildman–Crippen LogP) is 0.638. The number of methoxy groups -OCH3 is 2. The molecule has 0 aliphatic carbocycles. The van der Waals surface area contributed by atoms with Crippen molar-refractivity contribution in [3.8, 4) is 11.5 Å². The van der Waals surface area contributed by atoms with Crippen molar-refractivity contribution in [1.82, 2.24) is 10.6 Å². The van der Waals surface area contributed by atoms with Gasteiger partial charge in [0.2, 0.25) is 0 Å². The van der Waals surface area contributed by atoms with Crippen LogP contribution in [0.3, 0.4) is 0 Å². The summed E-state index contributed by atoms with van der Waals surface area (Å²) in [7, 11) is 2.63. The molecule has 0 saturated carbocycles. The third-order valence-electron chi connectivity index (χ3n) is 4.26. The number of nitro groups is 1. The fraction of sp³-hybridized carbons (Fsp3) is 0.190. The van der Waals surface area contributed by atoms with Gasteiger partial charge in [-0.05, 0) is 31.2 Å². The number of amides is 2. The van der Waals surface area contributed by atoms with Crippen molar-refractivity contribution in [3.05, 3.63) is 69.4 Å². The average Bonchev–Trinajstić information content (AvgIpc) is 2.78. The quantitative estimate of drug-likeness (QED) is 0.325. The molecule has 2 aromatic carbocycles. The average molecular weight is 442 g/mol. The van der Waals surface area contributed by atoms with Gasteiger partial charge in [0, 0.05) is 5.56 Å². The summed E-state index contributed by atoms with van der Waals surface area (Å²) in [5, 5.41) is 27.1. The van der Waals surface area contributed by atoms with Crippen LogP contribution in [0, 0.1) is 10.1 Å². The SMILES string of the molecule is COc1cc(/C=C(/NC(=O)c2ccccc2)C(=O)N[C@@H](C)C(=O)[O-])c([N+](=O)[O-])cc1OC. The van der Waals surface area contributed by atoms with Crippen LogP contribution in [0.4, 0.5) is 5.69 Å². The summed E-state index contributed by atoms with van der Waals surface area (Å²) >= 11 is 0. The normalized spacial score (nSPS) is 11.8. The van der Waals surface area contributed by atoms with E-state index in [9.17, 15) is 29.6 Å². The number of benzene rings is 2. The van der Waals surface area contributed by atoms with Crippen LogP contribution >= 0.6 is 0 Å². The lowest BCUT2D eigenvalue weighted by molar-refractivity contribution is -0.385. The van der Waals surface area contributed by atoms with Gasteiger partial charge in [-0.3, -0.25) is 19.7 Å². The van der Waals surface area contributed by atoms with Crippen molar-refractivity contribution in [2.75, 3.05) is 14.2 Å². The van der Waals surface area contributed by atoms with Crippen LogP contribution in [0.25, 0.3) is 6.08 Å². The molecule has 0 aliphatic rings. The zero-order valence-corrected chi connectivity index (χ0v) is 17.4. The van der Waals surface area contributed by atoms with Crippen LogP contribution in [0.2, 0.25) is 0 Å². The van der Waals surface area contributed by atoms with Crippen molar-refractivity contribution in [2.45, 2.75) is 13.0 Å². The van der Waals surface area contributed by atoms with Gasteiger partial charge in [0.15, 0.2) is 11.5 Å². The second-order valence-electron chi connectivity index (χ2n) is 6.42. The maximum atomic E-state index is 12.7. The summed E-state index contributed by atoms with van der Waals surface area (Å²) in [4.78, 5) is 47.1. The van der Waals surface area contributed by atoms with Crippen molar-refractivity contribution >= 4 is 29.5 Å². The highest BCUT2D eigenvalue weighted by atomic mass is 16.6. The highest BCUT2D eigenvalue weighted by Gasteiger charge is 2.22. The maximum Gasteiger partial charge on any atom is 0.280 e. The van der Waals surface area contributed by atoms with Gasteiger partial charge in [-0.25, -0.2) is 0 Å². The molecular formula is C21H20N3O8-. The van der Waals surface area contributed by atoms with E-state index in [1.54, 1.807) is 18.2 Å². The van der Waals surface area contributed by atoms with E-state index in [2.05, 4.69) is 10.6 Å². The summed E-state index contributed by atoms with van der Waals surface area (Å²) in [5.41, 5.74) is -0.745. The van der Waals surface area contributed by atoms with Crippen molar-refractivity contribution in [2.24, 2.45) is 0 Å². The van der Waals surface area contributed by atoms with Crippen molar-refractivity contribution < 1.29 is 33.9 Å². The molecule has 0 radical (unpaired) electrons. The molecule has 2 rings (SSSR count). The lowest BCUT2D eigenvalue weighted by atomic mass is 10.1.